The van der Waals surface area contributed by atoms with Crippen LogP contribution in [0.3, 0.4) is 0 Å². The van der Waals surface area contributed by atoms with Gasteiger partial charge in [0.25, 0.3) is 20.0 Å². The third-order valence-corrected chi connectivity index (χ3v) is 6.35. The molecule has 0 heterocycles. The van der Waals surface area contributed by atoms with Gasteiger partial charge in [-0.3, -0.25) is 0 Å². The van der Waals surface area contributed by atoms with Crippen LogP contribution in [0.25, 0.3) is 0 Å². The largest absolute Gasteiger partial charge is 0.465 e. The first-order chi connectivity index (χ1) is 12.1. The monoisotopic (exact) mass is 398 g/mol. The second kappa shape index (κ2) is 7.54. The molecule has 0 aliphatic rings. The number of esters is 1. The number of rotatable bonds is 6. The molecule has 0 bridgehead atoms. The Bertz CT molecular complexity index is 1050. The van der Waals surface area contributed by atoms with E-state index in [1.54, 1.807) is 30.8 Å². The predicted octanol–water partition coefficient (Wildman–Crippen LogP) is 1.26. The van der Waals surface area contributed by atoms with Gasteiger partial charge in [0.2, 0.25) is 0 Å². The van der Waals surface area contributed by atoms with Crippen molar-refractivity contribution in [2.24, 2.45) is 0 Å². The third-order valence-electron chi connectivity index (χ3n) is 3.53. The normalized spacial score (nSPS) is 12.0. The highest BCUT2D eigenvalue weighted by Crippen LogP contribution is 2.18. The molecule has 2 aromatic rings. The topological polar surface area (TPSA) is 119 Å². The molecule has 140 valence electrons. The van der Waals surface area contributed by atoms with E-state index in [4.69, 9.17) is 0 Å². The average Bonchev–Trinajstić information content (AvgIpc) is 2.61. The molecule has 0 atom stereocenters. The summed E-state index contributed by atoms with van der Waals surface area (Å²) in [5, 5.41) is 0. The Morgan fingerprint density at radius 3 is 2.08 bits per heavy atom. The molecule has 0 fully saturated rings. The molecule has 0 aromatic heterocycles. The number of nitrogens with one attached hydrogen (secondary N) is 2. The molecule has 0 unspecified atom stereocenters. The van der Waals surface area contributed by atoms with Crippen LogP contribution in [0.5, 0.6) is 0 Å². The lowest BCUT2D eigenvalue weighted by atomic mass is 10.2. The average molecular weight is 398 g/mol. The Morgan fingerprint density at radius 1 is 0.885 bits per heavy atom. The molecule has 0 amide bonds. The number of ether oxygens (including phenoxy) is 1. The maximum absolute atomic E-state index is 12.5. The number of hydrogen-bond donors (Lipinski definition) is 2. The molecule has 0 saturated carbocycles. The van der Waals surface area contributed by atoms with Crippen LogP contribution in [0.4, 0.5) is 0 Å². The molecule has 0 saturated heterocycles. The van der Waals surface area contributed by atoms with E-state index in [-0.39, 0.29) is 10.5 Å². The van der Waals surface area contributed by atoms with E-state index in [0.29, 0.717) is 11.1 Å². The fourth-order valence-electron chi connectivity index (χ4n) is 2.20. The van der Waals surface area contributed by atoms with Crippen LogP contribution in [0, 0.1) is 13.8 Å². The van der Waals surface area contributed by atoms with E-state index >= 15 is 0 Å². The fraction of sp³-hybridized carbons (Fsp3) is 0.188. The highest BCUT2D eigenvalue weighted by Gasteiger charge is 2.25. The molecular weight excluding hydrogens is 380 g/mol. The Balaban J connectivity index is 2.34. The van der Waals surface area contributed by atoms with Crippen molar-refractivity contribution in [3.05, 3.63) is 59.2 Å². The van der Waals surface area contributed by atoms with E-state index in [9.17, 15) is 21.6 Å². The summed E-state index contributed by atoms with van der Waals surface area (Å²) in [5.41, 5.74) is 0.945. The van der Waals surface area contributed by atoms with Gasteiger partial charge in [0.05, 0.1) is 22.5 Å². The van der Waals surface area contributed by atoms with Crippen molar-refractivity contribution in [3.63, 3.8) is 0 Å². The molecule has 0 radical (unpaired) electrons. The Morgan fingerprint density at radius 2 is 1.46 bits per heavy atom. The summed E-state index contributed by atoms with van der Waals surface area (Å²) in [4.78, 5) is 14.9. The van der Waals surface area contributed by atoms with Crippen molar-refractivity contribution >= 4 is 26.0 Å². The summed E-state index contributed by atoms with van der Waals surface area (Å²) in [5.74, 6) is -0.858. The molecule has 8 nitrogen and oxygen atoms in total. The summed E-state index contributed by atoms with van der Waals surface area (Å²) < 4.78 is 54.3. The fourth-order valence-corrected chi connectivity index (χ4v) is 4.83. The summed E-state index contributed by atoms with van der Waals surface area (Å²) >= 11 is 0. The van der Waals surface area contributed by atoms with Crippen molar-refractivity contribution in [2.75, 3.05) is 7.11 Å². The number of hydrogen-bond acceptors (Lipinski definition) is 6. The summed E-state index contributed by atoms with van der Waals surface area (Å²) in [6.45, 7) is 3.31. The Kier molecular flexibility index (Phi) is 5.81. The highest BCUT2D eigenvalue weighted by atomic mass is 32.2. The van der Waals surface area contributed by atoms with Gasteiger partial charge in [0.1, 0.15) is 0 Å². The Hall–Kier alpha value is -2.27. The lowest BCUT2D eigenvalue weighted by Gasteiger charge is -2.13. The molecule has 0 spiro atoms. The van der Waals surface area contributed by atoms with E-state index in [1.165, 1.54) is 30.3 Å². The number of hydrazine groups is 1. The maximum Gasteiger partial charge on any atom is 0.339 e. The minimum absolute atomic E-state index is 0.0542. The number of sulfonamides is 2. The van der Waals surface area contributed by atoms with Crippen molar-refractivity contribution < 1.29 is 26.4 Å². The molecular formula is C16H18N2O6S2. The van der Waals surface area contributed by atoms with Gasteiger partial charge in [-0.15, -0.1) is 9.66 Å². The molecule has 26 heavy (non-hydrogen) atoms. The van der Waals surface area contributed by atoms with Crippen LogP contribution in [0.1, 0.15) is 21.5 Å². The summed E-state index contributed by atoms with van der Waals surface area (Å²) in [6.07, 6.45) is 0. The maximum atomic E-state index is 12.5. The quantitative estimate of drug-likeness (QED) is 0.559. The third kappa shape index (κ3) is 4.28. The number of carbonyl (C=O) groups is 1. The molecule has 2 N–H and O–H groups in total. The molecule has 0 aliphatic carbocycles. The van der Waals surface area contributed by atoms with Crippen LogP contribution in [-0.2, 0) is 24.8 Å². The second-order valence-corrected chi connectivity index (χ2v) is 8.77. The zero-order valence-corrected chi connectivity index (χ0v) is 15.9. The van der Waals surface area contributed by atoms with Gasteiger partial charge in [-0.25, -0.2) is 21.6 Å². The van der Waals surface area contributed by atoms with Gasteiger partial charge in [-0.1, -0.05) is 24.3 Å². The SMILES string of the molecule is COC(=O)c1ccccc1S(=O)(=O)NNS(=O)(=O)c1cc(C)ccc1C. The van der Waals surface area contributed by atoms with E-state index < -0.39 is 30.9 Å². The molecule has 0 aliphatic heterocycles. The van der Waals surface area contributed by atoms with Crippen LogP contribution in [0.15, 0.2) is 52.3 Å². The van der Waals surface area contributed by atoms with Gasteiger partial charge in [0.15, 0.2) is 0 Å². The zero-order chi connectivity index (χ0) is 19.5. The van der Waals surface area contributed by atoms with Crippen LogP contribution in [0.2, 0.25) is 0 Å². The van der Waals surface area contributed by atoms with E-state index in [2.05, 4.69) is 4.74 Å². The number of benzene rings is 2. The van der Waals surface area contributed by atoms with Gasteiger partial charge in [-0.05, 0) is 43.2 Å². The van der Waals surface area contributed by atoms with Crippen molar-refractivity contribution in [1.82, 2.24) is 9.66 Å². The van der Waals surface area contributed by atoms with Gasteiger partial charge >= 0.3 is 5.97 Å². The van der Waals surface area contributed by atoms with Crippen molar-refractivity contribution in [2.45, 2.75) is 23.6 Å². The second-order valence-electron chi connectivity index (χ2n) is 5.47. The van der Waals surface area contributed by atoms with E-state index in [0.717, 1.165) is 7.11 Å². The minimum atomic E-state index is -4.35. The van der Waals surface area contributed by atoms with Crippen LogP contribution < -0.4 is 9.66 Å². The summed E-state index contributed by atoms with van der Waals surface area (Å²) in [6, 6.07) is 10.1. The van der Waals surface area contributed by atoms with Crippen molar-refractivity contribution in [3.8, 4) is 0 Å². The van der Waals surface area contributed by atoms with Crippen molar-refractivity contribution in [1.29, 1.82) is 0 Å². The van der Waals surface area contributed by atoms with Gasteiger partial charge in [0, 0.05) is 0 Å². The lowest BCUT2D eigenvalue weighted by Crippen LogP contribution is -2.42. The molecule has 2 rings (SSSR count). The Labute approximate surface area is 152 Å². The lowest BCUT2D eigenvalue weighted by molar-refractivity contribution is 0.0596. The first-order valence-electron chi connectivity index (χ1n) is 7.37. The van der Waals surface area contributed by atoms with Crippen LogP contribution >= 0.6 is 0 Å². The molecule has 10 heteroatoms. The minimum Gasteiger partial charge on any atom is -0.465 e. The first kappa shape index (κ1) is 20.0. The number of methoxy groups -OCH3 is 1. The van der Waals surface area contributed by atoms with Gasteiger partial charge in [-0.2, -0.15) is 0 Å². The number of aryl methyl sites for hydroxylation is 2. The number of carbonyl (C=O) groups excluding carboxylic acids is 1. The first-order valence-corrected chi connectivity index (χ1v) is 10.3. The van der Waals surface area contributed by atoms with Crippen LogP contribution in [-0.4, -0.2) is 29.9 Å². The van der Waals surface area contributed by atoms with Gasteiger partial charge < -0.3 is 4.74 Å². The predicted molar refractivity (Wildman–Crippen MR) is 94.3 cm³/mol. The van der Waals surface area contributed by atoms with E-state index in [1.807, 2.05) is 4.83 Å². The molecule has 2 aromatic carbocycles. The smallest absolute Gasteiger partial charge is 0.339 e. The zero-order valence-electron chi connectivity index (χ0n) is 14.3. The highest BCUT2D eigenvalue weighted by molar-refractivity contribution is 7.92. The summed E-state index contributed by atoms with van der Waals surface area (Å²) in [7, 11) is -7.39. The standard InChI is InChI=1S/C16H18N2O6S2/c1-11-8-9-12(2)15(10-11)26(22,23)18-17-25(20,21)14-7-5-4-6-13(14)16(19)24-3/h4-10,17-18H,1-3H3.